The number of hydrogen-bond donors (Lipinski definition) is 0. The Morgan fingerprint density at radius 1 is 0.532 bits per heavy atom. The van der Waals surface area contributed by atoms with E-state index < -0.39 is 11.6 Å². The molecule has 462 valence electrons. The number of aromatic nitrogens is 20. The molecule has 2 aliphatic rings. The van der Waals surface area contributed by atoms with E-state index in [0.717, 1.165) is 133 Å². The van der Waals surface area contributed by atoms with Crippen molar-refractivity contribution in [2.45, 2.75) is 61.8 Å². The highest BCUT2D eigenvalue weighted by atomic mass is 32.2. The van der Waals surface area contributed by atoms with Crippen LogP contribution in [0, 0.1) is 5.82 Å². The van der Waals surface area contributed by atoms with Crippen LogP contribution in [0.5, 0.6) is 5.75 Å². The number of hydrogen-bond acceptors (Lipinski definition) is 20. The fourth-order valence-corrected chi connectivity index (χ4v) is 15.2. The van der Waals surface area contributed by atoms with Gasteiger partial charge in [-0.15, -0.1) is 41.9 Å². The van der Waals surface area contributed by atoms with Gasteiger partial charge in [0.15, 0.2) is 38.7 Å². The van der Waals surface area contributed by atoms with Gasteiger partial charge in [0.25, 0.3) is 0 Å². The number of aryl methyl sites for hydroxylation is 5. The van der Waals surface area contributed by atoms with Crippen LogP contribution in [-0.2, 0) is 34.6 Å². The lowest BCUT2D eigenvalue weighted by molar-refractivity contribution is 0.291. The van der Waals surface area contributed by atoms with Crippen LogP contribution in [0.15, 0.2) is 199 Å². The summed E-state index contributed by atoms with van der Waals surface area (Å²) >= 11 is 6.28. The van der Waals surface area contributed by atoms with Gasteiger partial charge in [0.05, 0.1) is 63.8 Å². The molecule has 1 saturated carbocycles. The Morgan fingerprint density at radius 2 is 1.07 bits per heavy atom. The minimum absolute atomic E-state index is 0.200. The number of nitrogens with zero attached hydrogens (tertiary/aromatic N) is 20. The SMILES string of the molecule is Cn1cc(-c2cc(F)c3nnc(Sc4ccc5ncc6nc(C7CC7)sc6c5c4)n3c2)cn1.Cn1cc(-c2ccc3nnc(Sc4ccc5ncc6c(c5c4)OCCC6)n3c2)cn1.Cn1cc(-c2ccc3nnc(Sc4ccc5ncc6c(oc(=O)n6C)c5c4)n3c2)cn1. The average Bonchev–Trinajstić information content (AvgIpc) is 1.55. The number of oxazole rings is 1. The molecule has 0 amide bonds. The van der Waals surface area contributed by atoms with E-state index in [9.17, 15) is 9.18 Å². The number of ether oxygens (including phenoxy) is 1. The molecule has 1 aliphatic carbocycles. The molecule has 0 spiro atoms. The summed E-state index contributed by atoms with van der Waals surface area (Å²) in [6, 6.07) is 27.7. The number of rotatable bonds is 10. The number of halogens is 1. The van der Waals surface area contributed by atoms with Gasteiger partial charge in [-0.2, -0.15) is 15.3 Å². The molecule has 94 heavy (non-hydrogen) atoms. The molecule has 19 rings (SSSR count). The largest absolute Gasteiger partial charge is 0.493 e. The highest BCUT2D eigenvalue weighted by Gasteiger charge is 2.28. The van der Waals surface area contributed by atoms with Gasteiger partial charge in [0.2, 0.25) is 5.16 Å². The molecule has 23 nitrogen and oxygen atoms in total. The van der Waals surface area contributed by atoms with Crippen LogP contribution in [-0.4, -0.2) is 104 Å². The van der Waals surface area contributed by atoms with E-state index in [1.54, 1.807) is 61.0 Å². The summed E-state index contributed by atoms with van der Waals surface area (Å²) in [4.78, 5) is 33.4. The van der Waals surface area contributed by atoms with E-state index >= 15 is 0 Å². The second kappa shape index (κ2) is 23.2. The van der Waals surface area contributed by atoms with E-state index in [4.69, 9.17) is 14.1 Å². The summed E-state index contributed by atoms with van der Waals surface area (Å²) in [7, 11) is 7.31. The summed E-state index contributed by atoms with van der Waals surface area (Å²) in [6.45, 7) is 0.759. The van der Waals surface area contributed by atoms with Gasteiger partial charge in [-0.25, -0.2) is 14.2 Å². The van der Waals surface area contributed by atoms with Gasteiger partial charge in [-0.05, 0) is 146 Å². The number of benzene rings is 3. The van der Waals surface area contributed by atoms with E-state index in [2.05, 4.69) is 85.2 Å². The second-order valence-electron chi connectivity index (χ2n) is 22.8. The highest BCUT2D eigenvalue weighted by Crippen LogP contribution is 2.45. The Bertz CT molecular complexity index is 5910. The molecule has 0 radical (unpaired) electrons. The van der Waals surface area contributed by atoms with Crippen molar-refractivity contribution in [3.63, 3.8) is 0 Å². The quantitative estimate of drug-likeness (QED) is 0.124. The van der Waals surface area contributed by atoms with Crippen molar-refractivity contribution in [2.24, 2.45) is 28.2 Å². The third-order valence-corrected chi connectivity index (χ3v) is 20.5. The Hall–Kier alpha value is -10.7. The minimum atomic E-state index is -0.419. The lowest BCUT2D eigenvalue weighted by atomic mass is 10.1. The van der Waals surface area contributed by atoms with Gasteiger partial charge in [-0.1, -0.05) is 0 Å². The Balaban J connectivity index is 0.000000107. The zero-order chi connectivity index (χ0) is 63.3. The molecule has 0 N–H and O–H groups in total. The first-order chi connectivity index (χ1) is 45.9. The van der Waals surface area contributed by atoms with Crippen molar-refractivity contribution in [3.05, 3.63) is 186 Å². The zero-order valence-electron chi connectivity index (χ0n) is 50.3. The average molecular weight is 1320 g/mol. The molecule has 3 aromatic carbocycles. The van der Waals surface area contributed by atoms with E-state index in [1.807, 2.05) is 146 Å². The first kappa shape index (κ1) is 57.2. The lowest BCUT2D eigenvalue weighted by Gasteiger charge is -2.18. The smallest absolute Gasteiger partial charge is 0.419 e. The normalized spacial score (nSPS) is 13.2. The maximum atomic E-state index is 14.8. The standard InChI is InChI=1S/C23H16FN7S2.C22H18N6OS.C21H15N7O2S/c1-30-10-14(8-26-30)13-6-17(24)21-28-29-23(31(21)11-13)32-15-4-5-18-16(7-15)20-19(9-25-18)27-22(33-20)12-2-3-12;1-27-12-16(11-24-27)15-4-7-20-25-26-22(28(20)13-15)30-17-5-6-19-18(9-17)21-14(10-23-19)3-2-8-29-21;1-26-10-13(8-23-26)12-3-6-18-24-25-20(28(18)11-12)31-14-4-5-16-15(7-14)19-17(9-22-16)27(2)21(29)30-19/h4-12H,2-3H2,1H3;4-7,9-13H,2-3,8H2,1H3;3-11H,1-2H3. The van der Waals surface area contributed by atoms with Crippen LogP contribution in [0.4, 0.5) is 4.39 Å². The molecule has 1 fully saturated rings. The molecule has 0 saturated heterocycles. The molecule has 0 unspecified atom stereocenters. The van der Waals surface area contributed by atoms with Crippen molar-refractivity contribution in [1.82, 2.24) is 97.6 Å². The molecule has 1 aliphatic heterocycles. The van der Waals surface area contributed by atoms with Gasteiger partial charge >= 0.3 is 5.76 Å². The maximum absolute atomic E-state index is 14.8. The van der Waals surface area contributed by atoms with E-state index in [0.29, 0.717) is 22.2 Å². The third-order valence-electron chi connectivity index (χ3n) is 16.3. The summed E-state index contributed by atoms with van der Waals surface area (Å²) in [5.41, 5.74) is 13.5. The van der Waals surface area contributed by atoms with Crippen LogP contribution in [0.25, 0.3) is 104 Å². The summed E-state index contributed by atoms with van der Waals surface area (Å²) in [5.74, 6) is 0.756. The zero-order valence-corrected chi connectivity index (χ0v) is 53.6. The molecule has 0 bridgehead atoms. The third kappa shape index (κ3) is 10.7. The molecule has 28 heteroatoms. The van der Waals surface area contributed by atoms with Crippen LogP contribution in [0.1, 0.15) is 35.8 Å². The Morgan fingerprint density at radius 3 is 1.69 bits per heavy atom. The summed E-state index contributed by atoms with van der Waals surface area (Å²) < 4.78 is 39.8. The van der Waals surface area contributed by atoms with Crippen LogP contribution < -0.4 is 10.5 Å². The minimum Gasteiger partial charge on any atom is -0.493 e. The fourth-order valence-electron chi connectivity index (χ4n) is 11.4. The van der Waals surface area contributed by atoms with E-state index in [1.165, 1.54) is 62.3 Å². The van der Waals surface area contributed by atoms with Crippen molar-refractivity contribution in [1.29, 1.82) is 0 Å². The fraction of sp³-hybridized carbons (Fsp3) is 0.152. The molecule has 0 atom stereocenters. The monoisotopic (exact) mass is 1320 g/mol. The Kier molecular flexibility index (Phi) is 14.1. The van der Waals surface area contributed by atoms with E-state index in [-0.39, 0.29) is 5.65 Å². The molecular formula is C66H49FN20O3S4. The van der Waals surface area contributed by atoms with Crippen molar-refractivity contribution in [2.75, 3.05) is 6.61 Å². The van der Waals surface area contributed by atoms with Gasteiger partial charge in [0, 0.05) is 147 Å². The predicted molar refractivity (Wildman–Crippen MR) is 357 cm³/mol. The van der Waals surface area contributed by atoms with Gasteiger partial charge in [-0.3, -0.25) is 46.8 Å². The summed E-state index contributed by atoms with van der Waals surface area (Å²) in [6.07, 6.45) is 27.1. The van der Waals surface area contributed by atoms with Crippen molar-refractivity contribution in [3.8, 4) is 39.1 Å². The number of pyridine rings is 6. The second-order valence-corrected chi connectivity index (χ2v) is 27.0. The van der Waals surface area contributed by atoms with Gasteiger partial charge in [0.1, 0.15) is 16.8 Å². The predicted octanol–water partition coefficient (Wildman–Crippen LogP) is 12.9. The van der Waals surface area contributed by atoms with Crippen LogP contribution in [0.3, 0.4) is 0 Å². The molecule has 15 heterocycles. The first-order valence-electron chi connectivity index (χ1n) is 29.8. The number of fused-ring (bicyclic) bond motifs is 12. The molecule has 14 aromatic heterocycles. The van der Waals surface area contributed by atoms with Crippen LogP contribution in [0.2, 0.25) is 0 Å². The van der Waals surface area contributed by atoms with Crippen molar-refractivity contribution < 1.29 is 13.5 Å². The lowest BCUT2D eigenvalue weighted by Crippen LogP contribution is -2.09. The van der Waals surface area contributed by atoms with Crippen LogP contribution >= 0.6 is 46.6 Å². The highest BCUT2D eigenvalue weighted by molar-refractivity contribution is 7.99. The first-order valence-corrected chi connectivity index (χ1v) is 33.1. The number of thiazole rings is 1. The maximum Gasteiger partial charge on any atom is 0.419 e. The van der Waals surface area contributed by atoms with Crippen molar-refractivity contribution >= 4 is 118 Å². The summed E-state index contributed by atoms with van der Waals surface area (Å²) in [5, 5.41) is 44.7. The van der Waals surface area contributed by atoms with Gasteiger partial charge < -0.3 is 9.15 Å². The molecular weight excluding hydrogens is 1270 g/mol. The Labute approximate surface area is 547 Å². The molecule has 17 aromatic rings. The topological polar surface area (TPSA) is 240 Å².